The summed E-state index contributed by atoms with van der Waals surface area (Å²) in [5.74, 6) is 2.30. The van der Waals surface area contributed by atoms with Gasteiger partial charge in [0.25, 0.3) is 0 Å². The molecule has 0 aliphatic heterocycles. The molecule has 0 saturated heterocycles. The van der Waals surface area contributed by atoms with Crippen molar-refractivity contribution in [2.45, 2.75) is 6.92 Å². The Hall–Kier alpha value is -0.260. The van der Waals surface area contributed by atoms with Crippen LogP contribution >= 0.6 is 24.1 Å². The molecule has 1 aromatic heterocycles. The van der Waals surface area contributed by atoms with E-state index < -0.39 is 0 Å². The van der Waals surface area contributed by atoms with Crippen LogP contribution in [0.25, 0.3) is 10.5 Å². The number of halogens is 1. The number of hydrogen-bond acceptors (Lipinski definition) is 0. The summed E-state index contributed by atoms with van der Waals surface area (Å²) in [6, 6.07) is 6.40. The highest BCUT2D eigenvalue weighted by molar-refractivity contribution is 9.10. The van der Waals surface area contributed by atoms with Gasteiger partial charge in [-0.3, -0.25) is 0 Å². The van der Waals surface area contributed by atoms with E-state index in [-0.39, 0.29) is 0 Å². The molecule has 11 heavy (non-hydrogen) atoms. The summed E-state index contributed by atoms with van der Waals surface area (Å²) < 4.78 is 1.23. The third-order valence-electron chi connectivity index (χ3n) is 1.85. The molecule has 0 fully saturated rings. The van der Waals surface area contributed by atoms with Crippen molar-refractivity contribution in [1.29, 1.82) is 0 Å². The van der Waals surface area contributed by atoms with E-state index in [9.17, 15) is 0 Å². The van der Waals surface area contributed by atoms with Crippen LogP contribution < -0.4 is 0 Å². The van der Waals surface area contributed by atoms with Crippen LogP contribution in [0.5, 0.6) is 0 Å². The van der Waals surface area contributed by atoms with Crippen molar-refractivity contribution in [3.63, 3.8) is 0 Å². The van der Waals surface area contributed by atoms with Crippen molar-refractivity contribution >= 4 is 34.6 Å². The molecule has 2 rings (SSSR count). The van der Waals surface area contributed by atoms with Gasteiger partial charge < -0.3 is 0 Å². The van der Waals surface area contributed by atoms with Gasteiger partial charge in [0.2, 0.25) is 0 Å². The van der Waals surface area contributed by atoms with Crippen molar-refractivity contribution in [2.24, 2.45) is 0 Å². The van der Waals surface area contributed by atoms with Crippen LogP contribution in [0.15, 0.2) is 28.5 Å². The van der Waals surface area contributed by atoms with Gasteiger partial charge >= 0.3 is 0 Å². The van der Waals surface area contributed by atoms with E-state index >= 15 is 0 Å². The molecule has 0 aliphatic rings. The average Bonchev–Trinajstić information content (AvgIpc) is 2.34. The quantitative estimate of drug-likeness (QED) is 0.639. The van der Waals surface area contributed by atoms with E-state index in [1.807, 2.05) is 0 Å². The van der Waals surface area contributed by atoms with Crippen LogP contribution in [0.1, 0.15) is 5.56 Å². The molecule has 0 N–H and O–H groups in total. The molecule has 2 aromatic rings. The van der Waals surface area contributed by atoms with Crippen molar-refractivity contribution in [1.82, 2.24) is 0 Å². The summed E-state index contributed by atoms with van der Waals surface area (Å²) in [6.45, 7) is 2.17. The van der Waals surface area contributed by atoms with Crippen LogP contribution in [-0.2, 0) is 0 Å². The minimum Gasteiger partial charge on any atom is -0.131 e. The summed E-state index contributed by atoms with van der Waals surface area (Å²) in [6.07, 6.45) is 0. The Morgan fingerprint density at radius 1 is 1.36 bits per heavy atom. The first-order valence-corrected chi connectivity index (χ1v) is 5.38. The van der Waals surface area contributed by atoms with Gasteiger partial charge in [-0.05, 0) is 29.5 Å². The largest absolute Gasteiger partial charge is 0.131 e. The number of fused-ring (bicyclic) bond motifs is 1. The number of benzene rings is 1. The van der Waals surface area contributed by atoms with Crippen molar-refractivity contribution in [2.75, 3.05) is 0 Å². The summed E-state index contributed by atoms with van der Waals surface area (Å²) in [5.41, 5.74) is 1.41. The van der Waals surface area contributed by atoms with Crippen LogP contribution in [0.2, 0.25) is 0 Å². The normalized spacial score (nSPS) is 11.5. The van der Waals surface area contributed by atoms with Crippen molar-refractivity contribution in [3.05, 3.63) is 34.0 Å². The summed E-state index contributed by atoms with van der Waals surface area (Å²) in [4.78, 5) is 0. The molecule has 0 nitrogen and oxygen atoms in total. The average molecular weight is 227 g/mol. The van der Waals surface area contributed by atoms with Gasteiger partial charge in [0.15, 0.2) is 0 Å². The maximum Gasteiger partial charge on any atom is 0.0259 e. The first kappa shape index (κ1) is 7.39. The second-order valence-corrected chi connectivity index (χ2v) is 4.60. The molecule has 0 radical (unpaired) electrons. The molecule has 56 valence electrons. The molecule has 1 heterocycles. The molecule has 0 bridgehead atoms. The second-order valence-electron chi connectivity index (χ2n) is 2.63. The van der Waals surface area contributed by atoms with Crippen molar-refractivity contribution < 1.29 is 0 Å². The molecule has 1 atom stereocenters. The predicted molar refractivity (Wildman–Crippen MR) is 55.9 cm³/mol. The molecule has 1 aromatic carbocycles. The number of hydrogen-bond donors (Lipinski definition) is 0. The third-order valence-corrected chi connectivity index (χ3v) is 3.82. The van der Waals surface area contributed by atoms with E-state index in [0.29, 0.717) is 0 Å². The predicted octanol–water partition coefficient (Wildman–Crippen LogP) is 3.94. The molecule has 0 amide bonds. The van der Waals surface area contributed by atoms with Gasteiger partial charge in [0.05, 0.1) is 0 Å². The van der Waals surface area contributed by atoms with Gasteiger partial charge in [0.1, 0.15) is 0 Å². The Balaban J connectivity index is 2.96. The highest BCUT2D eigenvalue weighted by Gasteiger charge is 2.00. The standard InChI is InChI=1S/C9H8BrP/c1-6-5-11-8-4-2-3-7(10)9(6)8/h2-5,11H,1H3. The smallest absolute Gasteiger partial charge is 0.0259 e. The lowest BCUT2D eigenvalue weighted by molar-refractivity contribution is 1.58. The van der Waals surface area contributed by atoms with Gasteiger partial charge in [-0.15, -0.1) is 8.19 Å². The topological polar surface area (TPSA) is 0 Å². The number of rotatable bonds is 0. The van der Waals surface area contributed by atoms with Crippen molar-refractivity contribution in [3.8, 4) is 0 Å². The van der Waals surface area contributed by atoms with Crippen LogP contribution in [0.4, 0.5) is 0 Å². The zero-order valence-corrected chi connectivity index (χ0v) is 8.77. The Labute approximate surface area is 75.8 Å². The van der Waals surface area contributed by atoms with Crippen LogP contribution in [0, 0.1) is 6.92 Å². The van der Waals surface area contributed by atoms with Gasteiger partial charge in [-0.25, -0.2) is 0 Å². The van der Waals surface area contributed by atoms with E-state index in [2.05, 4.69) is 46.9 Å². The fraction of sp³-hybridized carbons (Fsp3) is 0.111. The maximum absolute atomic E-state index is 3.55. The lowest BCUT2D eigenvalue weighted by Crippen LogP contribution is -1.68. The Bertz CT molecular complexity index is 389. The minimum atomic E-state index is 0.864. The molecule has 2 heteroatoms. The van der Waals surface area contributed by atoms with E-state index in [1.54, 1.807) is 0 Å². The Morgan fingerprint density at radius 3 is 2.91 bits per heavy atom. The third kappa shape index (κ3) is 1.13. The number of aryl methyl sites for hydroxylation is 1. The van der Waals surface area contributed by atoms with E-state index in [0.717, 1.165) is 8.19 Å². The lowest BCUT2D eigenvalue weighted by atomic mass is 10.2. The highest BCUT2D eigenvalue weighted by Crippen LogP contribution is 2.34. The Kier molecular flexibility index (Phi) is 1.78. The first-order chi connectivity index (χ1) is 5.29. The minimum absolute atomic E-state index is 0.864. The molecular formula is C9H8BrP. The molecule has 0 aliphatic carbocycles. The van der Waals surface area contributed by atoms with Gasteiger partial charge in [-0.1, -0.05) is 28.1 Å². The van der Waals surface area contributed by atoms with E-state index in [1.165, 1.54) is 20.5 Å². The first-order valence-electron chi connectivity index (χ1n) is 3.51. The van der Waals surface area contributed by atoms with E-state index in [4.69, 9.17) is 0 Å². The summed E-state index contributed by atoms with van der Waals surface area (Å²) >= 11 is 3.55. The van der Waals surface area contributed by atoms with Crippen LogP contribution in [-0.4, -0.2) is 0 Å². The monoisotopic (exact) mass is 226 g/mol. The molecular weight excluding hydrogens is 219 g/mol. The van der Waals surface area contributed by atoms with Crippen LogP contribution in [0.3, 0.4) is 0 Å². The zero-order chi connectivity index (χ0) is 7.84. The molecule has 0 spiro atoms. The zero-order valence-electron chi connectivity index (χ0n) is 6.19. The summed E-state index contributed by atoms with van der Waals surface area (Å²) in [7, 11) is 0.864. The molecule has 1 unspecified atom stereocenters. The fourth-order valence-corrected chi connectivity index (χ4v) is 3.35. The SMILES string of the molecule is Cc1c[pH]c2cccc(Br)c12. The fourth-order valence-electron chi connectivity index (χ4n) is 1.30. The highest BCUT2D eigenvalue weighted by atomic mass is 79.9. The lowest BCUT2D eigenvalue weighted by Gasteiger charge is -1.94. The maximum atomic E-state index is 3.55. The van der Waals surface area contributed by atoms with Gasteiger partial charge in [0, 0.05) is 9.86 Å². The second kappa shape index (κ2) is 2.66. The van der Waals surface area contributed by atoms with Gasteiger partial charge in [-0.2, -0.15) is 0 Å². The summed E-state index contributed by atoms with van der Waals surface area (Å²) in [5, 5.41) is 2.88. The Morgan fingerprint density at radius 2 is 2.18 bits per heavy atom. The molecule has 0 saturated carbocycles.